The lowest BCUT2D eigenvalue weighted by atomic mass is 10.1. The standard InChI is InChI=1S/C23H19FN2O4/c1-29-19-11-10-16(12-20(19)30-14-15-6-3-2-4-7-15)21-22(27)26(23(28)25-21)18-9-5-8-17(24)13-18/h2-13,21H,14H2,1H3,(H,25,28). The molecule has 1 saturated heterocycles. The first-order valence-electron chi connectivity index (χ1n) is 9.31. The maximum atomic E-state index is 13.6. The predicted molar refractivity (Wildman–Crippen MR) is 109 cm³/mol. The first kappa shape index (κ1) is 19.4. The van der Waals surface area contributed by atoms with Gasteiger partial charge in [-0.3, -0.25) is 4.79 Å². The van der Waals surface area contributed by atoms with Crippen molar-refractivity contribution in [2.75, 3.05) is 12.0 Å². The number of ether oxygens (including phenoxy) is 2. The van der Waals surface area contributed by atoms with Crippen molar-refractivity contribution in [3.63, 3.8) is 0 Å². The quantitative estimate of drug-likeness (QED) is 0.623. The van der Waals surface area contributed by atoms with Gasteiger partial charge in [0.1, 0.15) is 18.5 Å². The van der Waals surface area contributed by atoms with Gasteiger partial charge in [0, 0.05) is 0 Å². The Hall–Kier alpha value is -3.87. The van der Waals surface area contributed by atoms with Crippen LogP contribution in [0.4, 0.5) is 14.9 Å². The molecule has 7 heteroatoms. The van der Waals surface area contributed by atoms with Crippen molar-refractivity contribution >= 4 is 17.6 Å². The number of carbonyl (C=O) groups excluding carboxylic acids is 2. The third-order valence-corrected chi connectivity index (χ3v) is 4.76. The molecule has 0 radical (unpaired) electrons. The summed E-state index contributed by atoms with van der Waals surface area (Å²) >= 11 is 0. The second kappa shape index (κ2) is 8.24. The SMILES string of the molecule is COc1ccc(C2NC(=O)N(c3cccc(F)c3)C2=O)cc1OCc1ccccc1. The Balaban J connectivity index is 1.59. The number of anilines is 1. The molecule has 1 unspecified atom stereocenters. The highest BCUT2D eigenvalue weighted by Crippen LogP contribution is 2.34. The minimum absolute atomic E-state index is 0.175. The Morgan fingerprint density at radius 3 is 2.50 bits per heavy atom. The topological polar surface area (TPSA) is 67.9 Å². The number of amides is 3. The number of hydrogen-bond acceptors (Lipinski definition) is 4. The third-order valence-electron chi connectivity index (χ3n) is 4.76. The van der Waals surface area contributed by atoms with Crippen LogP contribution in [0.1, 0.15) is 17.2 Å². The van der Waals surface area contributed by atoms with Gasteiger partial charge in [0.15, 0.2) is 11.5 Å². The maximum Gasteiger partial charge on any atom is 0.329 e. The largest absolute Gasteiger partial charge is 0.493 e. The highest BCUT2D eigenvalue weighted by atomic mass is 19.1. The number of nitrogens with zero attached hydrogens (tertiary/aromatic N) is 1. The fraction of sp³-hybridized carbons (Fsp3) is 0.130. The van der Waals surface area contributed by atoms with Crippen LogP contribution in [0, 0.1) is 5.82 Å². The minimum atomic E-state index is -0.911. The molecule has 30 heavy (non-hydrogen) atoms. The van der Waals surface area contributed by atoms with Crippen molar-refractivity contribution < 1.29 is 23.5 Å². The summed E-state index contributed by atoms with van der Waals surface area (Å²) in [6.07, 6.45) is 0. The summed E-state index contributed by atoms with van der Waals surface area (Å²) in [5.74, 6) is -0.0686. The average Bonchev–Trinajstić information content (AvgIpc) is 3.06. The molecule has 0 bridgehead atoms. The molecule has 3 aromatic carbocycles. The van der Waals surface area contributed by atoms with Crippen LogP contribution < -0.4 is 19.7 Å². The van der Waals surface area contributed by atoms with Crippen LogP contribution in [0.3, 0.4) is 0 Å². The summed E-state index contributed by atoms with van der Waals surface area (Å²) in [7, 11) is 1.53. The average molecular weight is 406 g/mol. The molecule has 1 atom stereocenters. The molecular formula is C23H19FN2O4. The zero-order chi connectivity index (χ0) is 21.1. The Morgan fingerprint density at radius 2 is 1.77 bits per heavy atom. The molecule has 0 spiro atoms. The highest BCUT2D eigenvalue weighted by Gasteiger charge is 2.40. The van der Waals surface area contributed by atoms with Crippen molar-refractivity contribution in [3.05, 3.63) is 89.7 Å². The molecule has 0 saturated carbocycles. The zero-order valence-corrected chi connectivity index (χ0v) is 16.2. The number of nitrogens with one attached hydrogen (secondary N) is 1. The Morgan fingerprint density at radius 1 is 0.967 bits per heavy atom. The molecule has 1 N–H and O–H groups in total. The molecule has 0 aromatic heterocycles. The lowest BCUT2D eigenvalue weighted by molar-refractivity contribution is -0.118. The van der Waals surface area contributed by atoms with E-state index in [0.717, 1.165) is 16.5 Å². The maximum absolute atomic E-state index is 13.6. The molecule has 152 valence electrons. The van der Waals surface area contributed by atoms with Crippen LogP contribution >= 0.6 is 0 Å². The van der Waals surface area contributed by atoms with E-state index in [4.69, 9.17) is 9.47 Å². The van der Waals surface area contributed by atoms with E-state index in [1.165, 1.54) is 25.3 Å². The van der Waals surface area contributed by atoms with E-state index in [1.54, 1.807) is 18.2 Å². The molecule has 3 aromatic rings. The summed E-state index contributed by atoms with van der Waals surface area (Å²) < 4.78 is 24.8. The van der Waals surface area contributed by atoms with Crippen LogP contribution in [0.5, 0.6) is 11.5 Å². The van der Waals surface area contributed by atoms with Crippen molar-refractivity contribution in [1.29, 1.82) is 0 Å². The van der Waals surface area contributed by atoms with E-state index in [-0.39, 0.29) is 5.69 Å². The number of imide groups is 1. The van der Waals surface area contributed by atoms with Gasteiger partial charge < -0.3 is 14.8 Å². The van der Waals surface area contributed by atoms with E-state index in [0.29, 0.717) is 23.7 Å². The minimum Gasteiger partial charge on any atom is -0.493 e. The number of hydrogen-bond donors (Lipinski definition) is 1. The number of urea groups is 1. The first-order chi connectivity index (χ1) is 14.6. The predicted octanol–water partition coefficient (Wildman–Crippen LogP) is 4.21. The number of rotatable bonds is 6. The van der Waals surface area contributed by atoms with E-state index in [9.17, 15) is 14.0 Å². The molecular weight excluding hydrogens is 387 g/mol. The van der Waals surface area contributed by atoms with Gasteiger partial charge in [-0.15, -0.1) is 0 Å². The fourth-order valence-corrected chi connectivity index (χ4v) is 3.29. The summed E-state index contributed by atoms with van der Waals surface area (Å²) in [6.45, 7) is 0.320. The molecule has 1 fully saturated rings. The van der Waals surface area contributed by atoms with Gasteiger partial charge in [0.05, 0.1) is 12.8 Å². The van der Waals surface area contributed by atoms with Crippen molar-refractivity contribution in [2.24, 2.45) is 0 Å². The molecule has 1 aliphatic heterocycles. The van der Waals surface area contributed by atoms with Gasteiger partial charge >= 0.3 is 6.03 Å². The summed E-state index contributed by atoms with van der Waals surface area (Å²) in [6, 6.07) is 18.5. The van der Waals surface area contributed by atoms with E-state index >= 15 is 0 Å². The van der Waals surface area contributed by atoms with Gasteiger partial charge in [0.25, 0.3) is 5.91 Å². The van der Waals surface area contributed by atoms with E-state index in [1.807, 2.05) is 30.3 Å². The highest BCUT2D eigenvalue weighted by molar-refractivity contribution is 6.21. The molecule has 4 rings (SSSR count). The van der Waals surface area contributed by atoms with Crippen LogP contribution in [0.15, 0.2) is 72.8 Å². The van der Waals surface area contributed by atoms with Gasteiger partial charge in [0.2, 0.25) is 0 Å². The molecule has 6 nitrogen and oxygen atoms in total. The summed E-state index contributed by atoms with van der Waals surface area (Å²) in [4.78, 5) is 26.3. The lowest BCUT2D eigenvalue weighted by Crippen LogP contribution is -2.30. The molecule has 0 aliphatic carbocycles. The fourth-order valence-electron chi connectivity index (χ4n) is 3.29. The Labute approximate surface area is 172 Å². The van der Waals surface area contributed by atoms with Crippen molar-refractivity contribution in [3.8, 4) is 11.5 Å². The van der Waals surface area contributed by atoms with Crippen molar-refractivity contribution in [1.82, 2.24) is 5.32 Å². The number of methoxy groups -OCH3 is 1. The lowest BCUT2D eigenvalue weighted by Gasteiger charge is -2.15. The third kappa shape index (κ3) is 3.82. The second-order valence-corrected chi connectivity index (χ2v) is 6.72. The summed E-state index contributed by atoms with van der Waals surface area (Å²) in [5.41, 5.74) is 1.69. The van der Waals surface area contributed by atoms with E-state index < -0.39 is 23.8 Å². The number of benzene rings is 3. The number of carbonyl (C=O) groups is 2. The van der Waals surface area contributed by atoms with Gasteiger partial charge in [-0.1, -0.05) is 42.5 Å². The van der Waals surface area contributed by atoms with Crippen LogP contribution in [-0.4, -0.2) is 19.0 Å². The molecule has 1 heterocycles. The van der Waals surface area contributed by atoms with Crippen LogP contribution in [0.25, 0.3) is 0 Å². The second-order valence-electron chi connectivity index (χ2n) is 6.72. The number of halogens is 1. The zero-order valence-electron chi connectivity index (χ0n) is 16.2. The van der Waals surface area contributed by atoms with E-state index in [2.05, 4.69) is 5.32 Å². The van der Waals surface area contributed by atoms with Crippen molar-refractivity contribution in [2.45, 2.75) is 12.6 Å². The van der Waals surface area contributed by atoms with Gasteiger partial charge in [-0.25, -0.2) is 14.1 Å². The van der Waals surface area contributed by atoms with Gasteiger partial charge in [-0.05, 0) is 41.5 Å². The van der Waals surface area contributed by atoms with Crippen LogP contribution in [0.2, 0.25) is 0 Å². The normalized spacial score (nSPS) is 15.8. The smallest absolute Gasteiger partial charge is 0.329 e. The van der Waals surface area contributed by atoms with Gasteiger partial charge in [-0.2, -0.15) is 0 Å². The van der Waals surface area contributed by atoms with Crippen LogP contribution in [-0.2, 0) is 11.4 Å². The summed E-state index contributed by atoms with van der Waals surface area (Å²) in [5, 5.41) is 2.65. The first-order valence-corrected chi connectivity index (χ1v) is 9.31. The Bertz CT molecular complexity index is 1090. The monoisotopic (exact) mass is 406 g/mol. The Kier molecular flexibility index (Phi) is 5.34. The molecule has 3 amide bonds. The molecule has 1 aliphatic rings.